The zero-order valence-corrected chi connectivity index (χ0v) is 39.9. The molecule has 8 heteroatoms. The number of phosphoric acid groups is 1. The summed E-state index contributed by atoms with van der Waals surface area (Å²) in [6.07, 6.45) is 55.8. The molecule has 0 aliphatic rings. The monoisotopic (exact) mass is 844 g/mol. The highest BCUT2D eigenvalue weighted by molar-refractivity contribution is 7.46. The fraction of sp³-hybridized carbons (Fsp3) is 0.980. The molecule has 2 atom stereocenters. The molecule has 0 aliphatic carbocycles. The van der Waals surface area contributed by atoms with Crippen LogP contribution in [0.1, 0.15) is 296 Å². The van der Waals surface area contributed by atoms with E-state index in [2.05, 4.69) is 23.7 Å². The predicted molar refractivity (Wildman–Crippen MR) is 250 cm³/mol. The average molecular weight is 844 g/mol. The molecule has 0 aliphatic heterocycles. The van der Waals surface area contributed by atoms with E-state index in [4.69, 9.17) is 9.79 Å². The van der Waals surface area contributed by atoms with Crippen molar-refractivity contribution in [2.24, 2.45) is 0 Å². The van der Waals surface area contributed by atoms with Crippen LogP contribution in [0.3, 0.4) is 0 Å². The van der Waals surface area contributed by atoms with Gasteiger partial charge in [0, 0.05) is 6.42 Å². The largest absolute Gasteiger partial charge is 0.469 e. The third kappa shape index (κ3) is 46.6. The molecule has 0 aromatic rings. The van der Waals surface area contributed by atoms with Crippen LogP contribution in [0.2, 0.25) is 0 Å². The van der Waals surface area contributed by atoms with Gasteiger partial charge in [0.15, 0.2) is 0 Å². The van der Waals surface area contributed by atoms with Gasteiger partial charge in [-0.15, -0.1) is 0 Å². The maximum atomic E-state index is 12.6. The Labute approximate surface area is 361 Å². The lowest BCUT2D eigenvalue weighted by Gasteiger charge is -2.24. The summed E-state index contributed by atoms with van der Waals surface area (Å²) in [7, 11) is -4.69. The van der Waals surface area contributed by atoms with Crippen LogP contribution in [0.5, 0.6) is 0 Å². The maximum Gasteiger partial charge on any atom is 0.469 e. The van der Waals surface area contributed by atoms with Crippen molar-refractivity contribution in [2.45, 2.75) is 309 Å². The van der Waals surface area contributed by atoms with E-state index in [1.165, 1.54) is 231 Å². The van der Waals surface area contributed by atoms with E-state index < -0.39 is 26.6 Å². The number of nitrogens with one attached hydrogen (secondary N) is 1. The van der Waals surface area contributed by atoms with E-state index in [0.717, 1.165) is 38.5 Å². The standard InChI is InChI=1S/C50H102NO6P/c1-3-5-7-9-11-13-15-16-17-18-19-20-21-22-23-24-25-26-27-28-29-30-31-32-33-34-35-36-38-40-42-44-46-50(53)51-48(47-57-58(54,55)56)49(52)45-43-41-39-37-14-12-10-8-6-4-2/h48-49,52H,3-47H2,1-2H3,(H,51,53)(H2,54,55,56)/t48-,49+/m0/s1. The SMILES string of the molecule is CCCCCCCCCCCCCCCCCCCCCCCCCCCCCCCCCCC(=O)N[C@@H](COP(=O)(O)O)[C@H](O)CCCCCCCCCCCC. The Morgan fingerprint density at radius 1 is 0.431 bits per heavy atom. The van der Waals surface area contributed by atoms with Gasteiger partial charge >= 0.3 is 7.82 Å². The van der Waals surface area contributed by atoms with E-state index in [1.807, 2.05) is 0 Å². The molecule has 4 N–H and O–H groups in total. The lowest BCUT2D eigenvalue weighted by Crippen LogP contribution is -2.46. The van der Waals surface area contributed by atoms with Gasteiger partial charge < -0.3 is 20.2 Å². The molecular formula is C50H102NO6P. The highest BCUT2D eigenvalue weighted by Gasteiger charge is 2.25. The highest BCUT2D eigenvalue weighted by atomic mass is 31.2. The lowest BCUT2D eigenvalue weighted by molar-refractivity contribution is -0.123. The summed E-state index contributed by atoms with van der Waals surface area (Å²) in [5, 5.41) is 13.5. The van der Waals surface area contributed by atoms with Crippen LogP contribution in [-0.4, -0.2) is 39.6 Å². The van der Waals surface area contributed by atoms with Crippen LogP contribution in [0.25, 0.3) is 0 Å². The molecule has 0 saturated heterocycles. The van der Waals surface area contributed by atoms with Crippen molar-refractivity contribution < 1.29 is 28.8 Å². The van der Waals surface area contributed by atoms with Crippen molar-refractivity contribution in [3.05, 3.63) is 0 Å². The van der Waals surface area contributed by atoms with E-state index in [0.29, 0.717) is 12.8 Å². The molecule has 0 aromatic heterocycles. The number of aliphatic hydroxyl groups excluding tert-OH is 1. The number of carbonyl (C=O) groups is 1. The second-order valence-electron chi connectivity index (χ2n) is 18.2. The van der Waals surface area contributed by atoms with Crippen LogP contribution >= 0.6 is 7.82 Å². The fourth-order valence-electron chi connectivity index (χ4n) is 8.41. The Hall–Kier alpha value is -0.460. The number of carbonyl (C=O) groups excluding carboxylic acids is 1. The average Bonchev–Trinajstić information content (AvgIpc) is 3.20. The number of hydrogen-bond acceptors (Lipinski definition) is 4. The molecule has 0 bridgehead atoms. The second kappa shape index (κ2) is 46.1. The van der Waals surface area contributed by atoms with Gasteiger partial charge in [-0.25, -0.2) is 4.57 Å². The minimum Gasteiger partial charge on any atom is -0.391 e. The molecule has 0 spiro atoms. The topological polar surface area (TPSA) is 116 Å². The van der Waals surface area contributed by atoms with E-state index >= 15 is 0 Å². The van der Waals surface area contributed by atoms with Gasteiger partial charge in [0.05, 0.1) is 18.8 Å². The molecule has 58 heavy (non-hydrogen) atoms. The highest BCUT2D eigenvalue weighted by Crippen LogP contribution is 2.36. The number of unbranched alkanes of at least 4 members (excludes halogenated alkanes) is 40. The first-order chi connectivity index (χ1) is 28.3. The first-order valence-corrected chi connectivity index (χ1v) is 27.5. The molecule has 0 fully saturated rings. The van der Waals surface area contributed by atoms with Crippen LogP contribution in [-0.2, 0) is 13.9 Å². The van der Waals surface area contributed by atoms with Crippen LogP contribution < -0.4 is 5.32 Å². The van der Waals surface area contributed by atoms with Gasteiger partial charge in [-0.2, -0.15) is 0 Å². The van der Waals surface area contributed by atoms with Crippen molar-refractivity contribution >= 4 is 13.7 Å². The Morgan fingerprint density at radius 2 is 0.672 bits per heavy atom. The summed E-state index contributed by atoms with van der Waals surface area (Å²) in [4.78, 5) is 31.0. The minimum absolute atomic E-state index is 0.188. The van der Waals surface area contributed by atoms with Gasteiger partial charge in [-0.05, 0) is 12.8 Å². The summed E-state index contributed by atoms with van der Waals surface area (Å²) >= 11 is 0. The smallest absolute Gasteiger partial charge is 0.391 e. The summed E-state index contributed by atoms with van der Waals surface area (Å²) in [6, 6.07) is -0.818. The van der Waals surface area contributed by atoms with Crippen molar-refractivity contribution in [3.8, 4) is 0 Å². The molecule has 7 nitrogen and oxygen atoms in total. The van der Waals surface area contributed by atoms with Crippen molar-refractivity contribution in [1.82, 2.24) is 5.32 Å². The number of phosphoric ester groups is 1. The van der Waals surface area contributed by atoms with Crippen LogP contribution in [0.15, 0.2) is 0 Å². The van der Waals surface area contributed by atoms with Gasteiger partial charge in [0.2, 0.25) is 5.91 Å². The number of hydrogen-bond donors (Lipinski definition) is 4. The first-order valence-electron chi connectivity index (χ1n) is 26.0. The van der Waals surface area contributed by atoms with Crippen LogP contribution in [0.4, 0.5) is 0 Å². The Bertz CT molecular complexity index is 869. The van der Waals surface area contributed by atoms with Crippen molar-refractivity contribution in [2.75, 3.05) is 6.61 Å². The molecule has 1 amide bonds. The summed E-state index contributed by atoms with van der Waals surface area (Å²) in [6.45, 7) is 4.14. The third-order valence-electron chi connectivity index (χ3n) is 12.3. The zero-order valence-electron chi connectivity index (χ0n) is 39.0. The molecule has 0 aromatic carbocycles. The number of rotatable bonds is 49. The first kappa shape index (κ1) is 57.5. The number of amides is 1. The predicted octanol–water partition coefficient (Wildman–Crippen LogP) is 16.1. The fourth-order valence-corrected chi connectivity index (χ4v) is 8.76. The van der Waals surface area contributed by atoms with Gasteiger partial charge in [0.25, 0.3) is 0 Å². The van der Waals surface area contributed by atoms with Crippen molar-refractivity contribution in [3.63, 3.8) is 0 Å². The minimum atomic E-state index is -4.69. The summed E-state index contributed by atoms with van der Waals surface area (Å²) in [5.74, 6) is -0.188. The van der Waals surface area contributed by atoms with E-state index in [9.17, 15) is 14.5 Å². The molecule has 0 radical (unpaired) electrons. The van der Waals surface area contributed by atoms with E-state index in [-0.39, 0.29) is 5.91 Å². The Balaban J connectivity index is 3.57. The Kier molecular flexibility index (Phi) is 45.7. The summed E-state index contributed by atoms with van der Waals surface area (Å²) < 4.78 is 16.0. The van der Waals surface area contributed by atoms with E-state index in [1.54, 1.807) is 0 Å². The van der Waals surface area contributed by atoms with Crippen LogP contribution in [0, 0.1) is 0 Å². The maximum absolute atomic E-state index is 12.6. The molecule has 0 unspecified atom stereocenters. The Morgan fingerprint density at radius 3 is 0.931 bits per heavy atom. The molecule has 348 valence electrons. The molecular weight excluding hydrogens is 742 g/mol. The zero-order chi connectivity index (χ0) is 42.5. The van der Waals surface area contributed by atoms with Gasteiger partial charge in [-0.3, -0.25) is 9.32 Å². The van der Waals surface area contributed by atoms with Crippen molar-refractivity contribution in [1.29, 1.82) is 0 Å². The normalized spacial score (nSPS) is 13.0. The lowest BCUT2D eigenvalue weighted by atomic mass is 10.0. The second-order valence-corrected chi connectivity index (χ2v) is 19.4. The molecule has 0 saturated carbocycles. The third-order valence-corrected chi connectivity index (χ3v) is 12.8. The number of aliphatic hydroxyl groups is 1. The van der Waals surface area contributed by atoms with Gasteiger partial charge in [0.1, 0.15) is 0 Å². The van der Waals surface area contributed by atoms with Gasteiger partial charge in [-0.1, -0.05) is 277 Å². The summed E-state index contributed by atoms with van der Waals surface area (Å²) in [5.41, 5.74) is 0. The molecule has 0 heterocycles. The molecule has 0 rings (SSSR count). The quantitative estimate of drug-likeness (QED) is 0.0358.